The molecule has 3 rings (SSSR count). The molecule has 1 saturated carbocycles. The van der Waals surface area contributed by atoms with Crippen LogP contribution >= 0.6 is 0 Å². The van der Waals surface area contributed by atoms with Gasteiger partial charge in [-0.1, -0.05) is 48.0 Å². The molecule has 0 spiro atoms. The lowest BCUT2D eigenvalue weighted by Gasteiger charge is -2.50. The number of fused-ring (bicyclic) bond motifs is 1. The third kappa shape index (κ3) is 2.57. The molecule has 1 aliphatic carbocycles. The van der Waals surface area contributed by atoms with Gasteiger partial charge in [-0.2, -0.15) is 0 Å². The van der Waals surface area contributed by atoms with Crippen molar-refractivity contribution in [3.8, 4) is 0 Å². The molecule has 2 saturated heterocycles. The largest absolute Gasteiger partial charge is 0.298 e. The Morgan fingerprint density at radius 2 is 1.67 bits per heavy atom. The highest BCUT2D eigenvalue weighted by Gasteiger charge is 2.64. The molecule has 2 unspecified atom stereocenters. The quantitative estimate of drug-likeness (QED) is 0.779. The summed E-state index contributed by atoms with van der Waals surface area (Å²) in [5, 5.41) is 0. The van der Waals surface area contributed by atoms with Crippen LogP contribution in [0, 0.1) is 22.7 Å². The van der Waals surface area contributed by atoms with E-state index >= 15 is 0 Å². The molecule has 3 fully saturated rings. The molecule has 0 aromatic heterocycles. The maximum absolute atomic E-state index is 2.87. The Kier molecular flexibility index (Phi) is 3.94. The van der Waals surface area contributed by atoms with Crippen molar-refractivity contribution in [1.29, 1.82) is 0 Å². The van der Waals surface area contributed by atoms with E-state index in [-0.39, 0.29) is 0 Å². The predicted molar refractivity (Wildman–Crippen MR) is 90.5 cm³/mol. The molecule has 0 amide bonds. The Balaban J connectivity index is 1.70. The molecule has 2 aliphatic heterocycles. The van der Waals surface area contributed by atoms with Crippen molar-refractivity contribution < 1.29 is 0 Å². The highest BCUT2D eigenvalue weighted by atomic mass is 15.3. The second-order valence-corrected chi connectivity index (χ2v) is 9.41. The summed E-state index contributed by atoms with van der Waals surface area (Å²) in [5.41, 5.74) is 1.05. The number of hydrogen-bond acceptors (Lipinski definition) is 2. The Morgan fingerprint density at radius 3 is 2.24 bits per heavy atom. The minimum Gasteiger partial charge on any atom is -0.298 e. The van der Waals surface area contributed by atoms with Crippen LogP contribution in [0.4, 0.5) is 0 Å². The van der Waals surface area contributed by atoms with Gasteiger partial charge in [-0.3, -0.25) is 9.80 Å². The van der Waals surface area contributed by atoms with Crippen LogP contribution < -0.4 is 0 Å². The summed E-state index contributed by atoms with van der Waals surface area (Å²) in [4.78, 5) is 5.67. The fourth-order valence-electron chi connectivity index (χ4n) is 5.14. The topological polar surface area (TPSA) is 6.48 Å². The first-order valence-electron chi connectivity index (χ1n) is 9.23. The maximum atomic E-state index is 2.87. The van der Waals surface area contributed by atoms with Crippen LogP contribution in [0.25, 0.3) is 0 Å². The Hall–Kier alpha value is -0.0800. The molecule has 0 N–H and O–H groups in total. The molecule has 2 heteroatoms. The lowest BCUT2D eigenvalue weighted by molar-refractivity contribution is -0.0119. The van der Waals surface area contributed by atoms with Gasteiger partial charge in [0.05, 0.1) is 0 Å². The van der Waals surface area contributed by atoms with E-state index in [9.17, 15) is 0 Å². The van der Waals surface area contributed by atoms with Gasteiger partial charge in [0, 0.05) is 31.7 Å². The first-order chi connectivity index (χ1) is 9.75. The smallest absolute Gasteiger partial charge is 0.0247 e. The molecule has 0 radical (unpaired) electrons. The Bertz CT molecular complexity index is 371. The summed E-state index contributed by atoms with van der Waals surface area (Å²) in [5.74, 6) is 1.65. The molecular weight excluding hydrogens is 256 g/mol. The second-order valence-electron chi connectivity index (χ2n) is 9.41. The van der Waals surface area contributed by atoms with Crippen molar-refractivity contribution in [2.75, 3.05) is 26.2 Å². The summed E-state index contributed by atoms with van der Waals surface area (Å²) in [6.45, 7) is 20.0. The van der Waals surface area contributed by atoms with Gasteiger partial charge >= 0.3 is 0 Å². The zero-order valence-electron chi connectivity index (χ0n) is 15.2. The van der Waals surface area contributed by atoms with Crippen molar-refractivity contribution in [1.82, 2.24) is 9.80 Å². The van der Waals surface area contributed by atoms with E-state index in [1.807, 2.05) is 0 Å². The molecule has 2 heterocycles. The van der Waals surface area contributed by atoms with Crippen LogP contribution in [0.2, 0.25) is 0 Å². The van der Waals surface area contributed by atoms with Gasteiger partial charge in [0.2, 0.25) is 0 Å². The van der Waals surface area contributed by atoms with E-state index in [1.165, 1.54) is 45.4 Å². The zero-order chi connectivity index (χ0) is 15.4. The maximum Gasteiger partial charge on any atom is 0.0247 e. The van der Waals surface area contributed by atoms with Crippen LogP contribution in [0.15, 0.2) is 0 Å². The number of piperazine rings is 1. The van der Waals surface area contributed by atoms with E-state index in [4.69, 9.17) is 0 Å². The van der Waals surface area contributed by atoms with Crippen LogP contribution in [-0.4, -0.2) is 48.1 Å². The lowest BCUT2D eigenvalue weighted by Crippen LogP contribution is -2.61. The third-order valence-electron chi connectivity index (χ3n) is 7.59. The van der Waals surface area contributed by atoms with Crippen LogP contribution in [0.5, 0.6) is 0 Å². The van der Waals surface area contributed by atoms with Crippen molar-refractivity contribution in [3.05, 3.63) is 0 Å². The van der Waals surface area contributed by atoms with Crippen LogP contribution in [0.1, 0.15) is 60.8 Å². The number of piperidine rings is 1. The van der Waals surface area contributed by atoms with E-state index in [0.29, 0.717) is 10.8 Å². The number of rotatable bonds is 3. The minimum absolute atomic E-state index is 0.526. The van der Waals surface area contributed by atoms with E-state index in [0.717, 1.165) is 23.9 Å². The highest BCUT2D eigenvalue weighted by molar-refractivity contribution is 5.13. The van der Waals surface area contributed by atoms with Gasteiger partial charge in [-0.15, -0.1) is 0 Å². The number of nitrogens with zero attached hydrogens (tertiary/aromatic N) is 2. The van der Waals surface area contributed by atoms with Crippen molar-refractivity contribution in [3.63, 3.8) is 0 Å². The lowest BCUT2D eigenvalue weighted by atomic mass is 9.91. The monoisotopic (exact) mass is 292 g/mol. The molecule has 0 aromatic carbocycles. The Labute approximate surface area is 132 Å². The fourth-order valence-corrected chi connectivity index (χ4v) is 5.14. The fraction of sp³-hybridized carbons (Fsp3) is 1.00. The molecule has 2 nitrogen and oxygen atoms in total. The standard InChI is InChI=1S/C19H36N2/c1-14(2)16-12-20-10-8-7-9-15(20)11-21(16)13-17-18(3,4)19(17,5)6/h14-17H,7-13H2,1-6H3. The first kappa shape index (κ1) is 15.8. The molecule has 0 aromatic rings. The highest BCUT2D eigenvalue weighted by Crippen LogP contribution is 2.68. The summed E-state index contributed by atoms with van der Waals surface area (Å²) in [7, 11) is 0. The van der Waals surface area contributed by atoms with E-state index in [1.54, 1.807) is 0 Å². The molecule has 3 aliphatic rings. The molecule has 2 atom stereocenters. The SMILES string of the molecule is CC(C)C1CN2CCCCC2CN1CC1C(C)(C)C1(C)C. The van der Waals surface area contributed by atoms with Gasteiger partial charge in [-0.25, -0.2) is 0 Å². The van der Waals surface area contributed by atoms with Gasteiger partial charge < -0.3 is 0 Å². The van der Waals surface area contributed by atoms with E-state index in [2.05, 4.69) is 51.3 Å². The van der Waals surface area contributed by atoms with Crippen molar-refractivity contribution >= 4 is 0 Å². The Morgan fingerprint density at radius 1 is 1.00 bits per heavy atom. The molecule has 0 bridgehead atoms. The van der Waals surface area contributed by atoms with Crippen LogP contribution in [0.3, 0.4) is 0 Å². The van der Waals surface area contributed by atoms with Crippen molar-refractivity contribution in [2.45, 2.75) is 72.9 Å². The molecular formula is C19H36N2. The summed E-state index contributed by atoms with van der Waals surface area (Å²) in [6.07, 6.45) is 4.30. The average Bonchev–Trinajstić information content (AvgIpc) is 2.80. The minimum atomic E-state index is 0.526. The van der Waals surface area contributed by atoms with Gasteiger partial charge in [0.25, 0.3) is 0 Å². The normalized spacial score (nSPS) is 36.7. The molecule has 21 heavy (non-hydrogen) atoms. The zero-order valence-corrected chi connectivity index (χ0v) is 15.2. The molecule has 122 valence electrons. The third-order valence-corrected chi connectivity index (χ3v) is 7.59. The van der Waals surface area contributed by atoms with Crippen molar-refractivity contribution in [2.24, 2.45) is 22.7 Å². The first-order valence-corrected chi connectivity index (χ1v) is 9.23. The summed E-state index contributed by atoms with van der Waals surface area (Å²) in [6, 6.07) is 1.62. The second kappa shape index (κ2) is 5.23. The van der Waals surface area contributed by atoms with Gasteiger partial charge in [0.15, 0.2) is 0 Å². The summed E-state index contributed by atoms with van der Waals surface area (Å²) < 4.78 is 0. The average molecular weight is 293 g/mol. The number of hydrogen-bond donors (Lipinski definition) is 0. The van der Waals surface area contributed by atoms with Gasteiger partial charge in [-0.05, 0) is 42.1 Å². The van der Waals surface area contributed by atoms with Crippen LogP contribution in [-0.2, 0) is 0 Å². The summed E-state index contributed by atoms with van der Waals surface area (Å²) >= 11 is 0. The van der Waals surface area contributed by atoms with Gasteiger partial charge in [0.1, 0.15) is 0 Å². The predicted octanol–water partition coefficient (Wildman–Crippen LogP) is 3.86. The van der Waals surface area contributed by atoms with E-state index < -0.39 is 0 Å².